The molecule has 0 unspecified atom stereocenters. The zero-order valence-electron chi connectivity index (χ0n) is 8.09. The first-order valence-electron chi connectivity index (χ1n) is 4.68. The van der Waals surface area contributed by atoms with Gasteiger partial charge in [-0.25, -0.2) is 4.98 Å². The van der Waals surface area contributed by atoms with Crippen molar-refractivity contribution in [2.24, 2.45) is 0 Å². The maximum absolute atomic E-state index is 4.33. The normalized spacial score (nSPS) is 10.8. The van der Waals surface area contributed by atoms with Crippen LogP contribution in [0.25, 0.3) is 21.5 Å². The van der Waals surface area contributed by atoms with E-state index in [1.807, 2.05) is 30.3 Å². The molecule has 16 heavy (non-hydrogen) atoms. The van der Waals surface area contributed by atoms with E-state index >= 15 is 0 Å². The molecule has 0 fully saturated rings. The highest BCUT2D eigenvalue weighted by Crippen LogP contribution is 2.29. The molecule has 0 N–H and O–H groups in total. The lowest BCUT2D eigenvalue weighted by Crippen LogP contribution is -1.82. The second-order valence-corrected chi connectivity index (χ2v) is 4.71. The second kappa shape index (κ2) is 3.92. The predicted molar refractivity (Wildman–Crippen MR) is 68.3 cm³/mol. The fourth-order valence-corrected chi connectivity index (χ4v) is 2.72. The van der Waals surface area contributed by atoms with Crippen molar-refractivity contribution in [1.29, 1.82) is 0 Å². The van der Waals surface area contributed by atoms with Crippen molar-refractivity contribution in [3.63, 3.8) is 0 Å². The van der Waals surface area contributed by atoms with Crippen LogP contribution in [0.2, 0.25) is 0 Å². The fraction of sp³-hybridized carbons (Fsp3) is 0. The molecule has 0 amide bonds. The van der Waals surface area contributed by atoms with E-state index in [0.717, 1.165) is 21.5 Å². The topological polar surface area (TPSA) is 38.7 Å². The third-order valence-electron chi connectivity index (χ3n) is 2.28. The van der Waals surface area contributed by atoms with Crippen molar-refractivity contribution in [2.75, 3.05) is 0 Å². The Morgan fingerprint density at radius 3 is 2.88 bits per heavy atom. The molecule has 0 atom stereocenters. The van der Waals surface area contributed by atoms with Crippen molar-refractivity contribution in [3.05, 3.63) is 41.3 Å². The fourth-order valence-electron chi connectivity index (χ4n) is 1.60. The van der Waals surface area contributed by atoms with Gasteiger partial charge in [0.05, 0.1) is 5.52 Å². The molecule has 0 aliphatic rings. The molecule has 3 rings (SSSR count). The summed E-state index contributed by atoms with van der Waals surface area (Å²) < 4.78 is 4.76. The summed E-state index contributed by atoms with van der Waals surface area (Å²) in [5.41, 5.74) is 2.06. The average molecular weight is 292 g/mol. The van der Waals surface area contributed by atoms with Crippen LogP contribution >= 0.6 is 27.5 Å². The van der Waals surface area contributed by atoms with Gasteiger partial charge in [-0.05, 0) is 39.6 Å². The predicted octanol–water partition coefficient (Wildman–Crippen LogP) is 3.52. The number of rotatable bonds is 1. The van der Waals surface area contributed by atoms with E-state index in [0.29, 0.717) is 4.73 Å². The van der Waals surface area contributed by atoms with Crippen LogP contribution in [-0.2, 0) is 0 Å². The second-order valence-electron chi connectivity index (χ2n) is 3.24. The number of pyridine rings is 1. The average Bonchev–Trinajstić information content (AvgIpc) is 2.75. The minimum absolute atomic E-state index is 0.633. The van der Waals surface area contributed by atoms with Gasteiger partial charge in [0.15, 0.2) is 0 Å². The summed E-state index contributed by atoms with van der Waals surface area (Å²) >= 11 is 4.65. The Bertz CT molecular complexity index is 645. The van der Waals surface area contributed by atoms with Crippen molar-refractivity contribution < 1.29 is 0 Å². The van der Waals surface area contributed by atoms with Crippen LogP contribution in [0, 0.1) is 0 Å². The molecule has 5 heteroatoms. The summed E-state index contributed by atoms with van der Waals surface area (Å²) in [6.45, 7) is 0. The molecule has 0 aliphatic carbocycles. The summed E-state index contributed by atoms with van der Waals surface area (Å²) in [4.78, 5) is 8.65. The van der Waals surface area contributed by atoms with E-state index in [1.54, 1.807) is 6.20 Å². The molecule has 0 radical (unpaired) electrons. The highest BCUT2D eigenvalue weighted by atomic mass is 79.9. The number of benzene rings is 1. The first kappa shape index (κ1) is 9.86. The van der Waals surface area contributed by atoms with Gasteiger partial charge < -0.3 is 0 Å². The molecule has 0 saturated carbocycles. The summed E-state index contributed by atoms with van der Waals surface area (Å²) in [5, 5.41) is 2.01. The molecule has 0 aliphatic heterocycles. The van der Waals surface area contributed by atoms with Gasteiger partial charge >= 0.3 is 0 Å². The Kier molecular flexibility index (Phi) is 2.41. The number of aromatic nitrogens is 3. The van der Waals surface area contributed by atoms with Crippen LogP contribution < -0.4 is 0 Å². The zero-order valence-corrected chi connectivity index (χ0v) is 10.5. The highest BCUT2D eigenvalue weighted by molar-refractivity contribution is 9.10. The number of fused-ring (bicyclic) bond motifs is 1. The molecular formula is C11H6BrN3S. The maximum atomic E-state index is 4.33. The Hall–Kier alpha value is -1.33. The number of hydrogen-bond acceptors (Lipinski definition) is 4. The molecular weight excluding hydrogens is 286 g/mol. The van der Waals surface area contributed by atoms with Gasteiger partial charge in [0.25, 0.3) is 0 Å². The highest BCUT2D eigenvalue weighted by Gasteiger charge is 2.08. The van der Waals surface area contributed by atoms with Crippen LogP contribution in [-0.4, -0.2) is 14.3 Å². The molecule has 2 aromatic heterocycles. The Balaban J connectivity index is 2.31. The first-order valence-corrected chi connectivity index (χ1v) is 6.24. The monoisotopic (exact) mass is 291 g/mol. The number of hydrogen-bond donors (Lipinski definition) is 0. The Labute approximate surface area is 104 Å². The first-order chi connectivity index (χ1) is 7.84. The molecule has 1 aromatic carbocycles. The van der Waals surface area contributed by atoms with Crippen molar-refractivity contribution in [3.8, 4) is 10.6 Å². The molecule has 0 saturated heterocycles. The molecule has 0 bridgehead atoms. The summed E-state index contributed by atoms with van der Waals surface area (Å²) in [7, 11) is 0. The largest absolute Gasteiger partial charge is 0.256 e. The van der Waals surface area contributed by atoms with Crippen LogP contribution in [0.1, 0.15) is 0 Å². The standard InChI is InChI=1S/C11H6BrN3S/c12-11-14-10(16-15-11)8-3-1-5-9-7(8)4-2-6-13-9/h1-6H. The van der Waals surface area contributed by atoms with Crippen LogP contribution in [0.4, 0.5) is 0 Å². The minimum Gasteiger partial charge on any atom is -0.256 e. The lowest BCUT2D eigenvalue weighted by molar-refractivity contribution is 1.26. The number of halogens is 1. The van der Waals surface area contributed by atoms with E-state index in [1.165, 1.54) is 11.5 Å². The lowest BCUT2D eigenvalue weighted by atomic mass is 10.1. The molecule has 0 spiro atoms. The molecule has 78 valence electrons. The van der Waals surface area contributed by atoms with Gasteiger partial charge in [-0.3, -0.25) is 4.98 Å². The van der Waals surface area contributed by atoms with Gasteiger partial charge in [-0.2, -0.15) is 4.37 Å². The van der Waals surface area contributed by atoms with E-state index in [4.69, 9.17) is 0 Å². The Morgan fingerprint density at radius 2 is 2.06 bits per heavy atom. The van der Waals surface area contributed by atoms with E-state index in [9.17, 15) is 0 Å². The zero-order chi connectivity index (χ0) is 11.0. The summed E-state index contributed by atoms with van der Waals surface area (Å²) in [5.74, 6) is 0. The SMILES string of the molecule is Brc1nsc(-c2cccc3ncccc23)n1. The maximum Gasteiger partial charge on any atom is 0.209 e. The van der Waals surface area contributed by atoms with Gasteiger partial charge in [0, 0.05) is 17.1 Å². The van der Waals surface area contributed by atoms with Gasteiger partial charge in [0.1, 0.15) is 5.01 Å². The van der Waals surface area contributed by atoms with Gasteiger partial charge in [0.2, 0.25) is 4.73 Å². The van der Waals surface area contributed by atoms with Crippen LogP contribution in [0.5, 0.6) is 0 Å². The third-order valence-corrected chi connectivity index (χ3v) is 3.62. The van der Waals surface area contributed by atoms with Gasteiger partial charge in [-0.1, -0.05) is 18.2 Å². The smallest absolute Gasteiger partial charge is 0.209 e. The molecule has 3 aromatic rings. The number of nitrogens with zero attached hydrogens (tertiary/aromatic N) is 3. The van der Waals surface area contributed by atoms with Crippen LogP contribution in [0.3, 0.4) is 0 Å². The molecule has 3 nitrogen and oxygen atoms in total. The van der Waals surface area contributed by atoms with Crippen molar-refractivity contribution in [2.45, 2.75) is 0 Å². The minimum atomic E-state index is 0.633. The van der Waals surface area contributed by atoms with Crippen LogP contribution in [0.15, 0.2) is 41.3 Å². The van der Waals surface area contributed by atoms with E-state index < -0.39 is 0 Å². The van der Waals surface area contributed by atoms with Crippen molar-refractivity contribution in [1.82, 2.24) is 14.3 Å². The Morgan fingerprint density at radius 1 is 1.12 bits per heavy atom. The third kappa shape index (κ3) is 1.62. The van der Waals surface area contributed by atoms with Crippen molar-refractivity contribution >= 4 is 38.4 Å². The quantitative estimate of drug-likeness (QED) is 0.689. The summed E-state index contributed by atoms with van der Waals surface area (Å²) in [6.07, 6.45) is 1.79. The van der Waals surface area contributed by atoms with E-state index in [2.05, 4.69) is 30.3 Å². The lowest BCUT2D eigenvalue weighted by Gasteiger charge is -2.01. The van der Waals surface area contributed by atoms with Gasteiger partial charge in [-0.15, -0.1) is 0 Å². The summed E-state index contributed by atoms with van der Waals surface area (Å²) in [6, 6.07) is 10.0. The van der Waals surface area contributed by atoms with E-state index in [-0.39, 0.29) is 0 Å². The molecule has 2 heterocycles.